The quantitative estimate of drug-likeness (QED) is 0.604. The molecule has 2 N–H and O–H groups in total. The third kappa shape index (κ3) is 4.20. The molecule has 0 radical (unpaired) electrons. The number of piperidine rings is 1. The second-order valence-electron chi connectivity index (χ2n) is 8.85. The Morgan fingerprint density at radius 2 is 2.09 bits per heavy atom. The van der Waals surface area contributed by atoms with E-state index >= 15 is 0 Å². The molecule has 3 aromatic rings. The Balaban J connectivity index is 1.59. The summed E-state index contributed by atoms with van der Waals surface area (Å²) in [4.78, 5) is 18.5. The third-order valence-corrected chi connectivity index (χ3v) is 6.71. The van der Waals surface area contributed by atoms with Crippen LogP contribution in [-0.4, -0.2) is 67.1 Å². The molecule has 0 saturated carbocycles. The summed E-state index contributed by atoms with van der Waals surface area (Å²) in [5, 5.41) is 23.6. The maximum atomic E-state index is 13.3. The molecule has 0 amide bonds. The average Bonchev–Trinajstić information content (AvgIpc) is 3.48. The minimum absolute atomic E-state index is 0.0862. The van der Waals surface area contributed by atoms with Crippen LogP contribution in [0.25, 0.3) is 10.9 Å². The molecule has 2 aromatic heterocycles. The number of nitrogens with one attached hydrogen (secondary N) is 1. The number of aromatic nitrogens is 5. The van der Waals surface area contributed by atoms with E-state index in [1.54, 1.807) is 4.68 Å². The van der Waals surface area contributed by atoms with Gasteiger partial charge in [0.25, 0.3) is 5.56 Å². The number of aliphatic hydroxyl groups excluding tert-OH is 1. The number of benzene rings is 1. The number of hydrogen-bond donors (Lipinski definition) is 2. The van der Waals surface area contributed by atoms with E-state index in [0.717, 1.165) is 36.8 Å². The fraction of sp³-hybridized carbons (Fsp3) is 0.565. The van der Waals surface area contributed by atoms with Gasteiger partial charge in [0.15, 0.2) is 5.82 Å². The predicted molar refractivity (Wildman–Crippen MR) is 119 cm³/mol. The topological polar surface area (TPSA) is 109 Å². The maximum Gasteiger partial charge on any atom is 0.253 e. The molecule has 5 rings (SSSR count). The van der Waals surface area contributed by atoms with Crippen LogP contribution in [0.3, 0.4) is 0 Å². The molecule has 32 heavy (non-hydrogen) atoms. The lowest BCUT2D eigenvalue weighted by Crippen LogP contribution is -2.42. The van der Waals surface area contributed by atoms with Gasteiger partial charge >= 0.3 is 0 Å². The average molecular weight is 439 g/mol. The Kier molecular flexibility index (Phi) is 6.03. The minimum Gasteiger partial charge on any atom is -0.393 e. The minimum atomic E-state index is -0.391. The largest absolute Gasteiger partial charge is 0.393 e. The summed E-state index contributed by atoms with van der Waals surface area (Å²) in [7, 11) is 0. The highest BCUT2D eigenvalue weighted by atomic mass is 16.5. The highest BCUT2D eigenvalue weighted by molar-refractivity contribution is 5.80. The lowest BCUT2D eigenvalue weighted by Gasteiger charge is -2.35. The van der Waals surface area contributed by atoms with Crippen molar-refractivity contribution in [2.45, 2.75) is 63.8 Å². The van der Waals surface area contributed by atoms with E-state index in [1.807, 2.05) is 18.2 Å². The van der Waals surface area contributed by atoms with Gasteiger partial charge in [-0.15, -0.1) is 5.10 Å². The molecule has 2 atom stereocenters. The van der Waals surface area contributed by atoms with E-state index in [-0.39, 0.29) is 17.8 Å². The van der Waals surface area contributed by atoms with Crippen molar-refractivity contribution < 1.29 is 9.84 Å². The molecule has 170 valence electrons. The van der Waals surface area contributed by atoms with Crippen LogP contribution in [0, 0.1) is 0 Å². The molecule has 0 aliphatic carbocycles. The predicted octanol–water partition coefficient (Wildman–Crippen LogP) is 1.80. The second-order valence-corrected chi connectivity index (χ2v) is 8.85. The second kappa shape index (κ2) is 9.09. The number of nitrogens with zero attached hydrogens (tertiary/aromatic N) is 5. The van der Waals surface area contributed by atoms with Gasteiger partial charge in [-0.3, -0.25) is 9.69 Å². The van der Waals surface area contributed by atoms with Crippen molar-refractivity contribution in [1.29, 1.82) is 0 Å². The van der Waals surface area contributed by atoms with Gasteiger partial charge in [-0.1, -0.05) is 13.0 Å². The first-order valence-electron chi connectivity index (χ1n) is 11.6. The molecule has 9 nitrogen and oxygen atoms in total. The summed E-state index contributed by atoms with van der Waals surface area (Å²) in [6.07, 6.45) is 4.05. The highest BCUT2D eigenvalue weighted by Gasteiger charge is 2.33. The van der Waals surface area contributed by atoms with Crippen LogP contribution in [0.4, 0.5) is 0 Å². The fourth-order valence-corrected chi connectivity index (χ4v) is 4.86. The first-order chi connectivity index (χ1) is 15.6. The molecule has 2 aliphatic heterocycles. The van der Waals surface area contributed by atoms with Gasteiger partial charge in [0, 0.05) is 30.8 Å². The Morgan fingerprint density at radius 3 is 2.84 bits per heavy atom. The summed E-state index contributed by atoms with van der Waals surface area (Å²) in [5.74, 6) is 0.647. The number of rotatable bonds is 6. The summed E-state index contributed by atoms with van der Waals surface area (Å²) in [5.41, 5.74) is 2.54. The van der Waals surface area contributed by atoms with Gasteiger partial charge in [-0.05, 0) is 71.7 Å². The van der Waals surface area contributed by atoms with Crippen LogP contribution in [-0.2, 0) is 17.7 Å². The van der Waals surface area contributed by atoms with Crippen LogP contribution in [0.15, 0.2) is 29.1 Å². The van der Waals surface area contributed by atoms with Crippen molar-refractivity contribution in [1.82, 2.24) is 30.1 Å². The normalized spacial score (nSPS) is 21.4. The van der Waals surface area contributed by atoms with Crippen molar-refractivity contribution in [3.63, 3.8) is 0 Å². The van der Waals surface area contributed by atoms with Gasteiger partial charge in [0.1, 0.15) is 6.04 Å². The molecule has 2 aliphatic rings. The summed E-state index contributed by atoms with van der Waals surface area (Å²) in [6, 6.07) is 7.73. The molecule has 9 heteroatoms. The first-order valence-corrected chi connectivity index (χ1v) is 11.6. The number of H-pyrrole nitrogens is 1. The number of fused-ring (bicyclic) bond motifs is 1. The lowest BCUT2D eigenvalue weighted by molar-refractivity contribution is 0.0632. The number of aromatic amines is 1. The van der Waals surface area contributed by atoms with Gasteiger partial charge in [-0.25, -0.2) is 4.68 Å². The molecular formula is C23H30N6O3. The first kappa shape index (κ1) is 21.2. The molecule has 2 fully saturated rings. The molecule has 4 heterocycles. The van der Waals surface area contributed by atoms with E-state index in [0.29, 0.717) is 43.9 Å². The van der Waals surface area contributed by atoms with E-state index < -0.39 is 6.04 Å². The standard InChI is InChI=1S/C23H30N6O3/c1-2-15-5-6-20-16(12-15)13-19(23(31)24-20)21(28-9-7-17(30)8-10-28)22-25-26-27-29(22)14-18-4-3-11-32-18/h5-6,12-13,17-18,21,30H,2-4,7-11,14H2,1H3,(H,24,31)/t18-,21-/m0/s1. The number of ether oxygens (including phenoxy) is 1. The van der Waals surface area contributed by atoms with Gasteiger partial charge in [-0.2, -0.15) is 0 Å². The Morgan fingerprint density at radius 1 is 1.25 bits per heavy atom. The molecule has 0 bridgehead atoms. The van der Waals surface area contributed by atoms with E-state index in [4.69, 9.17) is 4.74 Å². The van der Waals surface area contributed by atoms with Crippen molar-refractivity contribution in [3.05, 3.63) is 51.6 Å². The number of tetrazole rings is 1. The SMILES string of the molecule is CCc1ccc2[nH]c(=O)c([C@@H](c3nnnn3C[C@@H]3CCCO3)N3CCC(O)CC3)cc2c1. The van der Waals surface area contributed by atoms with E-state index in [1.165, 1.54) is 5.56 Å². The summed E-state index contributed by atoms with van der Waals surface area (Å²) < 4.78 is 7.59. The van der Waals surface area contributed by atoms with Gasteiger partial charge < -0.3 is 14.8 Å². The van der Waals surface area contributed by atoms with Crippen LogP contribution in [0.1, 0.15) is 55.6 Å². The smallest absolute Gasteiger partial charge is 0.253 e. The number of pyridine rings is 1. The zero-order valence-electron chi connectivity index (χ0n) is 18.4. The third-order valence-electron chi connectivity index (χ3n) is 6.71. The monoisotopic (exact) mass is 438 g/mol. The molecule has 0 spiro atoms. The zero-order valence-corrected chi connectivity index (χ0v) is 18.4. The van der Waals surface area contributed by atoms with Crippen molar-refractivity contribution in [2.24, 2.45) is 0 Å². The molecule has 0 unspecified atom stereocenters. The molecule has 2 saturated heterocycles. The number of likely N-dealkylation sites (tertiary alicyclic amines) is 1. The van der Waals surface area contributed by atoms with E-state index in [9.17, 15) is 9.90 Å². The maximum absolute atomic E-state index is 13.3. The van der Waals surface area contributed by atoms with Crippen LogP contribution < -0.4 is 5.56 Å². The molecular weight excluding hydrogens is 408 g/mol. The van der Waals surface area contributed by atoms with Crippen molar-refractivity contribution in [3.8, 4) is 0 Å². The Hall–Kier alpha value is -2.62. The van der Waals surface area contributed by atoms with Crippen LogP contribution in [0.5, 0.6) is 0 Å². The van der Waals surface area contributed by atoms with Crippen molar-refractivity contribution >= 4 is 10.9 Å². The van der Waals surface area contributed by atoms with Crippen LogP contribution in [0.2, 0.25) is 0 Å². The van der Waals surface area contributed by atoms with Gasteiger partial charge in [0.05, 0.1) is 18.8 Å². The Bertz CT molecular complexity index is 1130. The van der Waals surface area contributed by atoms with E-state index in [2.05, 4.69) is 38.4 Å². The number of hydrogen-bond acceptors (Lipinski definition) is 7. The zero-order chi connectivity index (χ0) is 22.1. The summed E-state index contributed by atoms with van der Waals surface area (Å²) >= 11 is 0. The van der Waals surface area contributed by atoms with Crippen LogP contribution >= 0.6 is 0 Å². The number of aliphatic hydroxyl groups is 1. The summed E-state index contributed by atoms with van der Waals surface area (Å²) in [6.45, 7) is 4.80. The highest BCUT2D eigenvalue weighted by Crippen LogP contribution is 2.30. The molecule has 1 aromatic carbocycles. The Labute approximate surface area is 186 Å². The number of aryl methyl sites for hydroxylation is 1. The fourth-order valence-electron chi connectivity index (χ4n) is 4.86. The van der Waals surface area contributed by atoms with Gasteiger partial charge in [0.2, 0.25) is 0 Å². The lowest BCUT2D eigenvalue weighted by atomic mass is 9.98. The van der Waals surface area contributed by atoms with Crippen molar-refractivity contribution in [2.75, 3.05) is 19.7 Å².